The first-order valence-electron chi connectivity index (χ1n) is 8.43. The Labute approximate surface area is 164 Å². The van der Waals surface area contributed by atoms with E-state index >= 15 is 0 Å². The number of ether oxygens (including phenoxy) is 1. The van der Waals surface area contributed by atoms with Crippen LogP contribution < -0.4 is 14.4 Å². The molecule has 3 rings (SSSR count). The number of aryl methyl sites for hydroxylation is 1. The molecule has 1 aliphatic rings. The summed E-state index contributed by atoms with van der Waals surface area (Å²) in [6, 6.07) is 11.7. The predicted octanol–water partition coefficient (Wildman–Crippen LogP) is 3.59. The fourth-order valence-corrected chi connectivity index (χ4v) is 5.05. The van der Waals surface area contributed by atoms with Crippen LogP contribution in [0.1, 0.15) is 18.9 Å². The Balaban J connectivity index is 1.87. The second kappa shape index (κ2) is 7.05. The van der Waals surface area contributed by atoms with Gasteiger partial charge in [-0.05, 0) is 68.3 Å². The van der Waals surface area contributed by atoms with Crippen LogP contribution in [0.4, 0.5) is 11.4 Å². The number of benzene rings is 2. The van der Waals surface area contributed by atoms with E-state index in [2.05, 4.69) is 5.32 Å². The lowest BCUT2D eigenvalue weighted by Crippen LogP contribution is -2.47. The van der Waals surface area contributed by atoms with Crippen LogP contribution in [0.15, 0.2) is 42.5 Å². The Kier molecular flexibility index (Phi) is 5.10. The minimum Gasteiger partial charge on any atom is -0.497 e. The minimum atomic E-state index is -3.88. The number of sulfonamides is 1. The molecular weight excluding hydrogens is 388 g/mol. The van der Waals surface area contributed by atoms with Gasteiger partial charge in [0, 0.05) is 17.3 Å². The molecule has 1 amide bonds. The molecule has 1 atom stereocenters. The maximum Gasteiger partial charge on any atom is 0.249 e. The second-order valence-corrected chi connectivity index (χ2v) is 9.40. The van der Waals surface area contributed by atoms with Crippen molar-refractivity contribution in [2.45, 2.75) is 25.0 Å². The van der Waals surface area contributed by atoms with Crippen LogP contribution in [0, 0.1) is 6.92 Å². The van der Waals surface area contributed by atoms with E-state index in [4.69, 9.17) is 16.3 Å². The largest absolute Gasteiger partial charge is 0.497 e. The van der Waals surface area contributed by atoms with Crippen molar-refractivity contribution in [2.24, 2.45) is 0 Å². The summed E-state index contributed by atoms with van der Waals surface area (Å²) in [5.41, 5.74) is 1.84. The van der Waals surface area contributed by atoms with Crippen molar-refractivity contribution in [1.82, 2.24) is 0 Å². The van der Waals surface area contributed by atoms with Gasteiger partial charge in [0.25, 0.3) is 0 Å². The quantitative estimate of drug-likeness (QED) is 0.838. The third-order valence-electron chi connectivity index (χ3n) is 4.93. The van der Waals surface area contributed by atoms with Crippen molar-refractivity contribution in [3.63, 3.8) is 0 Å². The monoisotopic (exact) mass is 408 g/mol. The summed E-state index contributed by atoms with van der Waals surface area (Å²) in [5.74, 6) is 0.117. The number of amides is 1. The number of hydrogen-bond acceptors (Lipinski definition) is 4. The topological polar surface area (TPSA) is 75.7 Å². The summed E-state index contributed by atoms with van der Waals surface area (Å²) in [6.45, 7) is 3.52. The van der Waals surface area contributed by atoms with E-state index in [9.17, 15) is 13.2 Å². The van der Waals surface area contributed by atoms with Gasteiger partial charge >= 0.3 is 0 Å². The van der Waals surface area contributed by atoms with Gasteiger partial charge in [-0.3, -0.25) is 9.10 Å². The number of halogens is 1. The van der Waals surface area contributed by atoms with Crippen LogP contribution in [0.2, 0.25) is 5.02 Å². The van der Waals surface area contributed by atoms with Gasteiger partial charge in [-0.15, -0.1) is 0 Å². The number of carbonyl (C=O) groups excluding carboxylic acids is 1. The molecule has 0 bridgehead atoms. The summed E-state index contributed by atoms with van der Waals surface area (Å²) < 4.78 is 31.1. The Morgan fingerprint density at radius 1 is 1.22 bits per heavy atom. The molecular formula is C19H21ClN2O4S. The standard InChI is InChI=1S/C19H21ClN2O4S/c1-13-12-16(26-3)8-9-17(13)21-18(23)19(2)10-11-22(27(19,24)25)15-6-4-14(20)5-7-15/h4-9,12H,10-11H2,1-3H3,(H,21,23)/t19-/m0/s1. The van der Waals surface area contributed by atoms with E-state index in [1.165, 1.54) is 11.2 Å². The Morgan fingerprint density at radius 2 is 1.89 bits per heavy atom. The predicted molar refractivity (Wildman–Crippen MR) is 107 cm³/mol. The van der Waals surface area contributed by atoms with Gasteiger partial charge in [-0.1, -0.05) is 11.6 Å². The molecule has 1 heterocycles. The van der Waals surface area contributed by atoms with E-state index in [0.717, 1.165) is 5.56 Å². The summed E-state index contributed by atoms with van der Waals surface area (Å²) in [7, 11) is -2.32. The summed E-state index contributed by atoms with van der Waals surface area (Å²) >= 11 is 5.88. The molecule has 0 aliphatic carbocycles. The number of methoxy groups -OCH3 is 1. The molecule has 0 radical (unpaired) electrons. The maximum atomic E-state index is 13.1. The Bertz CT molecular complexity index is 976. The SMILES string of the molecule is COc1ccc(NC(=O)[C@]2(C)CCN(c3ccc(Cl)cc3)S2(=O)=O)c(C)c1. The minimum absolute atomic E-state index is 0.193. The van der Waals surface area contributed by atoms with E-state index in [0.29, 0.717) is 22.1 Å². The maximum absolute atomic E-state index is 13.1. The van der Waals surface area contributed by atoms with Crippen molar-refractivity contribution in [1.29, 1.82) is 0 Å². The zero-order valence-electron chi connectivity index (χ0n) is 15.3. The first-order chi connectivity index (χ1) is 12.7. The summed E-state index contributed by atoms with van der Waals surface area (Å²) in [6.07, 6.45) is 0.193. The van der Waals surface area contributed by atoms with Gasteiger partial charge in [0.15, 0.2) is 4.75 Å². The smallest absolute Gasteiger partial charge is 0.249 e. The van der Waals surface area contributed by atoms with Crippen molar-refractivity contribution < 1.29 is 17.9 Å². The number of rotatable bonds is 4. The highest BCUT2D eigenvalue weighted by Crippen LogP contribution is 2.38. The molecule has 0 aromatic heterocycles. The second-order valence-electron chi connectivity index (χ2n) is 6.67. The normalized spacial score (nSPS) is 21.1. The molecule has 2 aromatic carbocycles. The highest BCUT2D eigenvalue weighted by Gasteiger charge is 2.54. The van der Waals surface area contributed by atoms with Crippen molar-refractivity contribution in [2.75, 3.05) is 23.3 Å². The summed E-state index contributed by atoms with van der Waals surface area (Å²) in [5, 5.41) is 3.28. The van der Waals surface area contributed by atoms with Gasteiger partial charge in [-0.2, -0.15) is 0 Å². The molecule has 1 aliphatic heterocycles. The molecule has 1 saturated heterocycles. The van der Waals surface area contributed by atoms with E-state index in [-0.39, 0.29) is 13.0 Å². The van der Waals surface area contributed by atoms with Crippen molar-refractivity contribution >= 4 is 38.9 Å². The van der Waals surface area contributed by atoms with Crippen LogP contribution in [-0.2, 0) is 14.8 Å². The zero-order valence-corrected chi connectivity index (χ0v) is 16.9. The van der Waals surface area contributed by atoms with Gasteiger partial charge in [-0.25, -0.2) is 8.42 Å². The summed E-state index contributed by atoms with van der Waals surface area (Å²) in [4.78, 5) is 12.9. The Hall–Kier alpha value is -2.25. The molecule has 27 heavy (non-hydrogen) atoms. The average Bonchev–Trinajstić information content (AvgIpc) is 2.88. The van der Waals surface area contributed by atoms with E-state index in [1.807, 2.05) is 6.92 Å². The molecule has 8 heteroatoms. The number of nitrogens with zero attached hydrogens (tertiary/aromatic N) is 1. The number of hydrogen-bond donors (Lipinski definition) is 1. The molecule has 0 saturated carbocycles. The molecule has 0 spiro atoms. The number of nitrogens with one attached hydrogen (secondary N) is 1. The highest BCUT2D eigenvalue weighted by molar-refractivity contribution is 7.95. The number of anilines is 2. The van der Waals surface area contributed by atoms with E-state index in [1.54, 1.807) is 49.6 Å². The van der Waals surface area contributed by atoms with Crippen LogP contribution in [0.3, 0.4) is 0 Å². The first kappa shape index (κ1) is 19.5. The van der Waals surface area contributed by atoms with E-state index < -0.39 is 20.7 Å². The third kappa shape index (κ3) is 3.37. The van der Waals surface area contributed by atoms with Crippen LogP contribution >= 0.6 is 11.6 Å². The average molecular weight is 409 g/mol. The lowest BCUT2D eigenvalue weighted by molar-refractivity contribution is -0.118. The van der Waals surface area contributed by atoms with Crippen molar-refractivity contribution in [3.8, 4) is 5.75 Å². The molecule has 1 N–H and O–H groups in total. The molecule has 0 unspecified atom stereocenters. The first-order valence-corrected chi connectivity index (χ1v) is 10.2. The lowest BCUT2D eigenvalue weighted by atomic mass is 10.1. The van der Waals surface area contributed by atoms with Gasteiger partial charge in [0.1, 0.15) is 5.75 Å². The molecule has 2 aromatic rings. The number of carbonyl (C=O) groups is 1. The zero-order chi connectivity index (χ0) is 19.8. The fourth-order valence-electron chi connectivity index (χ4n) is 3.07. The van der Waals surface area contributed by atoms with Crippen molar-refractivity contribution in [3.05, 3.63) is 53.1 Å². The van der Waals surface area contributed by atoms with Crippen LogP contribution in [0.5, 0.6) is 5.75 Å². The lowest BCUT2D eigenvalue weighted by Gasteiger charge is -2.25. The Morgan fingerprint density at radius 3 is 2.48 bits per heavy atom. The van der Waals surface area contributed by atoms with Gasteiger partial charge < -0.3 is 10.1 Å². The molecule has 1 fully saturated rings. The van der Waals surface area contributed by atoms with Crippen LogP contribution in [0.25, 0.3) is 0 Å². The fraction of sp³-hybridized carbons (Fsp3) is 0.316. The third-order valence-corrected chi connectivity index (χ3v) is 7.68. The van der Waals surface area contributed by atoms with Gasteiger partial charge in [0.2, 0.25) is 15.9 Å². The highest BCUT2D eigenvalue weighted by atomic mass is 35.5. The van der Waals surface area contributed by atoms with Gasteiger partial charge in [0.05, 0.1) is 12.8 Å². The van der Waals surface area contributed by atoms with Crippen LogP contribution in [-0.4, -0.2) is 32.7 Å². The molecule has 6 nitrogen and oxygen atoms in total. The molecule has 144 valence electrons.